The second-order valence-corrected chi connectivity index (χ2v) is 16.9. The summed E-state index contributed by atoms with van der Waals surface area (Å²) in [4.78, 5) is 0. The van der Waals surface area contributed by atoms with Gasteiger partial charge in [-0.3, -0.25) is 0 Å². The Bertz CT molecular complexity index is 1480. The van der Waals surface area contributed by atoms with Gasteiger partial charge in [0, 0.05) is 40.9 Å². The molecule has 6 nitrogen and oxygen atoms in total. The Labute approximate surface area is 352 Å². The smallest absolute Gasteiger partial charge is 0.0746 e. The summed E-state index contributed by atoms with van der Waals surface area (Å²) >= 11 is 0. The summed E-state index contributed by atoms with van der Waals surface area (Å²) in [5.41, 5.74) is 9.81. The van der Waals surface area contributed by atoms with Crippen molar-refractivity contribution in [2.45, 2.75) is 159 Å². The summed E-state index contributed by atoms with van der Waals surface area (Å²) in [6.07, 6.45) is 4.11. The molecular formula is C51H87N5O. The number of hydrogen-bond acceptors (Lipinski definition) is 6. The molecule has 0 saturated carbocycles. The number of aryl methyl sites for hydroxylation is 1. The highest BCUT2D eigenvalue weighted by atomic mass is 16.3. The zero-order chi connectivity index (χ0) is 43.8. The minimum Gasteiger partial charge on any atom is -0.391 e. The molecule has 6 atom stereocenters. The van der Waals surface area contributed by atoms with Crippen LogP contribution in [0.15, 0.2) is 104 Å². The standard InChI is InChI=1S/C34H57N3O.C15H24N2.C2H6/c1-14-16-31(28(12)35-32(19-21(2)3)33(38)20-25(9)22(4)5)36-29(13)34(23(6)7)37-27(11)30-18-15-17-24(8)26(30)10;1-12(2)10-15(16-4)13(3)17-11-14-8-6-5-7-9-14;1-2/h15,17-18,21,23,25,31-38H,4,11-14,16,19-20H2,1-3,5-10H3;5-9,12,15-17H,3,10-11H2,1-2,4H3;1-2H3/t25?,31?,32-,33?,34-;15-;/m00./s1. The first kappa shape index (κ1) is 53.3. The van der Waals surface area contributed by atoms with Crippen LogP contribution in [0.3, 0.4) is 0 Å². The zero-order valence-corrected chi connectivity index (χ0v) is 39.0. The average Bonchev–Trinajstić information content (AvgIpc) is 3.16. The third-order valence-electron chi connectivity index (χ3n) is 10.5. The maximum absolute atomic E-state index is 11.1. The second kappa shape index (κ2) is 28.6. The third-order valence-corrected chi connectivity index (χ3v) is 10.5. The van der Waals surface area contributed by atoms with Crippen molar-refractivity contribution in [1.29, 1.82) is 0 Å². The molecule has 6 N–H and O–H groups in total. The lowest BCUT2D eigenvalue weighted by Gasteiger charge is -2.34. The van der Waals surface area contributed by atoms with Crippen molar-refractivity contribution >= 4 is 5.70 Å². The van der Waals surface area contributed by atoms with Gasteiger partial charge in [0.05, 0.1) is 24.2 Å². The lowest BCUT2D eigenvalue weighted by atomic mass is 9.90. The molecule has 2 aromatic carbocycles. The Kier molecular flexibility index (Phi) is 26.7. The van der Waals surface area contributed by atoms with Crippen LogP contribution in [0.5, 0.6) is 0 Å². The van der Waals surface area contributed by atoms with Gasteiger partial charge >= 0.3 is 0 Å². The predicted octanol–water partition coefficient (Wildman–Crippen LogP) is 11.6. The Morgan fingerprint density at radius 2 is 1.30 bits per heavy atom. The van der Waals surface area contributed by atoms with Gasteiger partial charge in [0.2, 0.25) is 0 Å². The summed E-state index contributed by atoms with van der Waals surface area (Å²) in [6.45, 7) is 50.1. The third kappa shape index (κ3) is 20.5. The molecule has 0 spiro atoms. The highest BCUT2D eigenvalue weighted by Gasteiger charge is 2.27. The number of rotatable bonds is 25. The monoisotopic (exact) mass is 786 g/mol. The molecule has 0 bridgehead atoms. The minimum absolute atomic E-state index is 0.00281. The second-order valence-electron chi connectivity index (χ2n) is 16.9. The van der Waals surface area contributed by atoms with E-state index in [0.717, 1.165) is 66.2 Å². The normalized spacial score (nSPS) is 14.1. The number of aliphatic hydroxyl groups is 1. The largest absolute Gasteiger partial charge is 0.391 e. The molecule has 0 saturated heterocycles. The van der Waals surface area contributed by atoms with Crippen molar-refractivity contribution in [3.8, 4) is 0 Å². The Morgan fingerprint density at radius 1 is 0.702 bits per heavy atom. The van der Waals surface area contributed by atoms with Crippen molar-refractivity contribution < 1.29 is 5.11 Å². The summed E-state index contributed by atoms with van der Waals surface area (Å²) in [5, 5.41) is 28.8. The van der Waals surface area contributed by atoms with Gasteiger partial charge in [-0.2, -0.15) is 0 Å². The van der Waals surface area contributed by atoms with E-state index in [4.69, 9.17) is 0 Å². The van der Waals surface area contributed by atoms with Gasteiger partial charge < -0.3 is 31.7 Å². The maximum Gasteiger partial charge on any atom is 0.0746 e. The summed E-state index contributed by atoms with van der Waals surface area (Å²) in [7, 11) is 1.99. The van der Waals surface area contributed by atoms with Crippen LogP contribution < -0.4 is 26.6 Å². The van der Waals surface area contributed by atoms with E-state index < -0.39 is 6.10 Å². The summed E-state index contributed by atoms with van der Waals surface area (Å²) < 4.78 is 0. The lowest BCUT2D eigenvalue weighted by molar-refractivity contribution is 0.101. The first-order chi connectivity index (χ1) is 26.8. The van der Waals surface area contributed by atoms with Gasteiger partial charge in [-0.25, -0.2) is 0 Å². The van der Waals surface area contributed by atoms with E-state index in [-0.39, 0.29) is 24.0 Å². The molecule has 0 aliphatic carbocycles. The van der Waals surface area contributed by atoms with Crippen molar-refractivity contribution in [2.75, 3.05) is 7.05 Å². The molecule has 57 heavy (non-hydrogen) atoms. The van der Waals surface area contributed by atoms with Gasteiger partial charge in [0.1, 0.15) is 0 Å². The molecule has 2 aromatic rings. The molecule has 0 radical (unpaired) electrons. The van der Waals surface area contributed by atoms with Crippen LogP contribution in [0.2, 0.25) is 0 Å². The molecule has 0 aliphatic rings. The average molecular weight is 786 g/mol. The summed E-state index contributed by atoms with van der Waals surface area (Å²) in [6, 6.07) is 17.0. The number of allylic oxidation sites excluding steroid dienone is 1. The molecule has 322 valence electrons. The molecule has 0 heterocycles. The van der Waals surface area contributed by atoms with E-state index >= 15 is 0 Å². The molecule has 0 amide bonds. The van der Waals surface area contributed by atoms with E-state index in [9.17, 15) is 5.11 Å². The van der Waals surface area contributed by atoms with Crippen LogP contribution in [0.4, 0.5) is 0 Å². The quantitative estimate of drug-likeness (QED) is 0.0563. The molecular weight excluding hydrogens is 699 g/mol. The van der Waals surface area contributed by atoms with Gasteiger partial charge in [0.25, 0.3) is 0 Å². The number of nitrogens with one attached hydrogen (secondary N) is 5. The van der Waals surface area contributed by atoms with E-state index in [0.29, 0.717) is 30.2 Å². The maximum atomic E-state index is 11.1. The van der Waals surface area contributed by atoms with Crippen LogP contribution in [0, 0.1) is 37.5 Å². The molecule has 0 aliphatic heterocycles. The molecule has 3 unspecified atom stereocenters. The highest BCUT2D eigenvalue weighted by Crippen LogP contribution is 2.24. The highest BCUT2D eigenvalue weighted by molar-refractivity contribution is 5.66. The Balaban J connectivity index is 0.00000137. The van der Waals surface area contributed by atoms with Gasteiger partial charge in [0.15, 0.2) is 0 Å². The van der Waals surface area contributed by atoms with E-state index in [1.807, 2.05) is 33.9 Å². The van der Waals surface area contributed by atoms with Crippen LogP contribution >= 0.6 is 0 Å². The van der Waals surface area contributed by atoms with Crippen LogP contribution in [-0.2, 0) is 6.54 Å². The fourth-order valence-electron chi connectivity index (χ4n) is 6.66. The van der Waals surface area contributed by atoms with Crippen LogP contribution in [-0.4, -0.2) is 42.4 Å². The van der Waals surface area contributed by atoms with Gasteiger partial charge in [-0.1, -0.05) is 163 Å². The van der Waals surface area contributed by atoms with Crippen LogP contribution in [0.1, 0.15) is 131 Å². The molecule has 2 rings (SSSR count). The van der Waals surface area contributed by atoms with Gasteiger partial charge in [-0.05, 0) is 93.9 Å². The number of likely N-dealkylation sites (N-methyl/N-ethyl adjacent to an activating group) is 1. The lowest BCUT2D eigenvalue weighted by Crippen LogP contribution is -2.48. The summed E-state index contributed by atoms with van der Waals surface area (Å²) in [5.74, 6) is 1.69. The first-order valence-corrected chi connectivity index (χ1v) is 21.7. The molecule has 6 heteroatoms. The van der Waals surface area contributed by atoms with Gasteiger partial charge in [-0.15, -0.1) is 0 Å². The minimum atomic E-state index is -0.475. The first-order valence-electron chi connectivity index (χ1n) is 21.7. The number of benzene rings is 2. The fourth-order valence-corrected chi connectivity index (χ4v) is 6.66. The number of aliphatic hydroxyl groups excluding tert-OH is 1. The van der Waals surface area contributed by atoms with Crippen LogP contribution in [0.25, 0.3) is 5.70 Å². The zero-order valence-electron chi connectivity index (χ0n) is 39.0. The Hall–Kier alpha value is -3.74. The van der Waals surface area contributed by atoms with Crippen molar-refractivity contribution in [3.05, 3.63) is 126 Å². The van der Waals surface area contributed by atoms with Crippen molar-refractivity contribution in [3.63, 3.8) is 0 Å². The van der Waals surface area contributed by atoms with E-state index in [1.54, 1.807) is 0 Å². The number of hydrogen-bond donors (Lipinski definition) is 6. The van der Waals surface area contributed by atoms with Crippen molar-refractivity contribution in [2.24, 2.45) is 23.7 Å². The SMILES string of the molecule is C=C(NCc1ccccc1)[C@H](CC(C)C)NC.C=C(N[C@H](C(=C)NC(CCC)C(=C)N[C@@H](CC(C)C)C(O)CC(C)C(=C)C)C(C)C)c1cccc(C)c1C.CC. The predicted molar refractivity (Wildman–Crippen MR) is 254 cm³/mol. The van der Waals surface area contributed by atoms with E-state index in [1.165, 1.54) is 16.7 Å². The Morgan fingerprint density at radius 3 is 1.81 bits per heavy atom. The molecule has 0 aromatic heterocycles. The fraction of sp³-hybridized carbons (Fsp3) is 0.569. The van der Waals surface area contributed by atoms with Crippen molar-refractivity contribution in [1.82, 2.24) is 26.6 Å². The molecule has 0 fully saturated rings. The van der Waals surface area contributed by atoms with E-state index in [2.05, 4.69) is 171 Å². The topological polar surface area (TPSA) is 80.4 Å².